The fourth-order valence-electron chi connectivity index (χ4n) is 8.52. The quantitative estimate of drug-likeness (QED) is 0.410. The third kappa shape index (κ3) is 2.43. The van der Waals surface area contributed by atoms with Crippen molar-refractivity contribution in [2.45, 2.75) is 71.1 Å². The van der Waals surface area contributed by atoms with Crippen LogP contribution >= 0.6 is 0 Å². The summed E-state index contributed by atoms with van der Waals surface area (Å²) in [5.41, 5.74) is 1.03. The van der Waals surface area contributed by atoms with Crippen LogP contribution in [0.3, 0.4) is 0 Å². The van der Waals surface area contributed by atoms with E-state index in [0.717, 1.165) is 12.0 Å². The van der Waals surface area contributed by atoms with Crippen LogP contribution in [0.5, 0.6) is 0 Å². The van der Waals surface area contributed by atoms with Gasteiger partial charge in [-0.25, -0.2) is 0 Å². The number of hydrogen-bond acceptors (Lipinski definition) is 7. The number of esters is 1. The highest BCUT2D eigenvalue weighted by atomic mass is 16.6. The number of aliphatic hydroxyl groups is 1. The molecule has 0 aromatic carbocycles. The zero-order valence-corrected chi connectivity index (χ0v) is 20.2. The lowest BCUT2D eigenvalue weighted by atomic mass is 9.42. The molecule has 3 aliphatic carbocycles. The summed E-state index contributed by atoms with van der Waals surface area (Å²) >= 11 is 0. The molecule has 4 unspecified atom stereocenters. The number of ether oxygens (including phenoxy) is 3. The summed E-state index contributed by atoms with van der Waals surface area (Å²) in [6, 6.07) is 1.99. The molecule has 182 valence electrons. The smallest absolute Gasteiger partial charge is 0.316 e. The highest BCUT2D eigenvalue weighted by Crippen LogP contribution is 2.72. The SMILES string of the molecule is COC(O)C[C@H]1[C@]2(C)C3=C(C)C(c4ccoc4)CC3O[C@@H]2[C@@H]2OC(=O)[C@]3(C)C=CC(=O)[C@@]1(C)C23. The number of hydrogen-bond donors (Lipinski definition) is 1. The van der Waals surface area contributed by atoms with E-state index in [1.54, 1.807) is 24.7 Å². The largest absolute Gasteiger partial charge is 0.472 e. The maximum atomic E-state index is 13.7. The number of carbonyl (C=O) groups excluding carboxylic acids is 2. The van der Waals surface area contributed by atoms with E-state index in [4.69, 9.17) is 18.6 Å². The Morgan fingerprint density at radius 2 is 2.00 bits per heavy atom. The molecule has 1 N–H and O–H groups in total. The van der Waals surface area contributed by atoms with Gasteiger partial charge >= 0.3 is 5.97 Å². The van der Waals surface area contributed by atoms with Crippen molar-refractivity contribution < 1.29 is 33.3 Å². The molecule has 5 aliphatic rings. The van der Waals surface area contributed by atoms with Crippen LogP contribution < -0.4 is 0 Å². The van der Waals surface area contributed by atoms with Gasteiger partial charge in [-0.3, -0.25) is 9.59 Å². The standard InChI is InChI=1S/C27H32O7/c1-13-15(14-7-9-32-12-14)10-16-20(13)27(4)17(11-19(29)31-5)26(3)18(28)6-8-25(2)22(26)21(23(27)33-16)34-24(25)30/h6-9,12,15-17,19,21-23,29H,10-11H2,1-5H3/t15?,16?,17-,19?,21-,22?,23-,25-,26+,27-/m1/s1. The summed E-state index contributed by atoms with van der Waals surface area (Å²) in [7, 11) is 1.47. The molecule has 0 bridgehead atoms. The molecule has 2 aliphatic heterocycles. The molecular formula is C27H32O7. The van der Waals surface area contributed by atoms with Crippen molar-refractivity contribution in [3.8, 4) is 0 Å². The van der Waals surface area contributed by atoms with Crippen molar-refractivity contribution in [2.24, 2.45) is 28.1 Å². The molecule has 1 aromatic heterocycles. The lowest BCUT2D eigenvalue weighted by Gasteiger charge is -2.59. The van der Waals surface area contributed by atoms with E-state index < -0.39 is 34.7 Å². The van der Waals surface area contributed by atoms with Gasteiger partial charge in [-0.15, -0.1) is 0 Å². The Morgan fingerprint density at radius 3 is 2.68 bits per heavy atom. The monoisotopic (exact) mass is 468 g/mol. The zero-order chi connectivity index (χ0) is 24.2. The first-order valence-corrected chi connectivity index (χ1v) is 12.1. The van der Waals surface area contributed by atoms with Crippen LogP contribution in [-0.2, 0) is 23.8 Å². The number of ketones is 1. The Morgan fingerprint density at radius 1 is 1.24 bits per heavy atom. The van der Waals surface area contributed by atoms with Gasteiger partial charge in [0.1, 0.15) is 12.2 Å². The summed E-state index contributed by atoms with van der Waals surface area (Å²) < 4.78 is 23.5. The summed E-state index contributed by atoms with van der Waals surface area (Å²) in [4.78, 5) is 26.9. The molecule has 0 spiro atoms. The minimum atomic E-state index is -1.04. The van der Waals surface area contributed by atoms with Crippen LogP contribution in [0.15, 0.2) is 46.3 Å². The third-order valence-electron chi connectivity index (χ3n) is 10.0. The molecule has 0 radical (unpaired) electrons. The average molecular weight is 469 g/mol. The first-order valence-electron chi connectivity index (χ1n) is 12.1. The Hall–Kier alpha value is -2.22. The van der Waals surface area contributed by atoms with Crippen molar-refractivity contribution in [3.05, 3.63) is 47.5 Å². The summed E-state index contributed by atoms with van der Waals surface area (Å²) in [6.45, 7) is 8.09. The van der Waals surface area contributed by atoms with E-state index in [1.807, 2.05) is 19.9 Å². The molecule has 1 saturated carbocycles. The fourth-order valence-corrected chi connectivity index (χ4v) is 8.52. The van der Waals surface area contributed by atoms with Crippen molar-refractivity contribution in [1.82, 2.24) is 0 Å². The normalized spacial score (nSPS) is 47.5. The Kier molecular flexibility index (Phi) is 4.53. The summed E-state index contributed by atoms with van der Waals surface area (Å²) in [6.07, 6.45) is 5.65. The predicted molar refractivity (Wildman–Crippen MR) is 120 cm³/mol. The van der Waals surface area contributed by atoms with Gasteiger partial charge in [0.15, 0.2) is 12.1 Å². The lowest BCUT2D eigenvalue weighted by molar-refractivity contribution is -0.200. The van der Waals surface area contributed by atoms with Gasteiger partial charge in [-0.05, 0) is 49.5 Å². The Balaban J connectivity index is 1.57. The highest BCUT2D eigenvalue weighted by molar-refractivity contribution is 6.00. The first kappa shape index (κ1) is 22.3. The van der Waals surface area contributed by atoms with Gasteiger partial charge in [-0.2, -0.15) is 0 Å². The van der Waals surface area contributed by atoms with Crippen LogP contribution in [0.2, 0.25) is 0 Å². The van der Waals surface area contributed by atoms with Crippen LogP contribution in [-0.4, -0.2) is 48.6 Å². The maximum Gasteiger partial charge on any atom is 0.316 e. The lowest BCUT2D eigenvalue weighted by Crippen LogP contribution is -2.66. The molecule has 6 rings (SSSR count). The molecule has 3 heterocycles. The van der Waals surface area contributed by atoms with Crippen LogP contribution in [0.4, 0.5) is 0 Å². The van der Waals surface area contributed by atoms with Gasteiger partial charge in [0.25, 0.3) is 0 Å². The number of carbonyl (C=O) groups is 2. The first-order chi connectivity index (χ1) is 16.1. The molecule has 34 heavy (non-hydrogen) atoms. The van der Waals surface area contributed by atoms with Gasteiger partial charge < -0.3 is 23.7 Å². The topological polar surface area (TPSA) is 95.2 Å². The molecule has 10 atom stereocenters. The zero-order valence-electron chi connectivity index (χ0n) is 20.2. The molecule has 7 nitrogen and oxygen atoms in total. The molecule has 1 aromatic rings. The highest BCUT2D eigenvalue weighted by Gasteiger charge is 2.77. The fraction of sp³-hybridized carbons (Fsp3) is 0.630. The Labute approximate surface area is 199 Å². The second-order valence-corrected chi connectivity index (χ2v) is 11.4. The minimum absolute atomic E-state index is 0.0302. The molecular weight excluding hydrogens is 436 g/mol. The van der Waals surface area contributed by atoms with Crippen molar-refractivity contribution in [1.29, 1.82) is 0 Å². The Bertz CT molecular complexity index is 1120. The minimum Gasteiger partial charge on any atom is -0.472 e. The van der Waals surface area contributed by atoms with E-state index in [9.17, 15) is 14.7 Å². The molecule has 0 amide bonds. The maximum absolute atomic E-state index is 13.7. The predicted octanol–water partition coefficient (Wildman–Crippen LogP) is 3.53. The van der Waals surface area contributed by atoms with E-state index in [1.165, 1.54) is 18.3 Å². The van der Waals surface area contributed by atoms with Crippen LogP contribution in [0.1, 0.15) is 52.0 Å². The van der Waals surface area contributed by atoms with Gasteiger partial charge in [-0.1, -0.05) is 25.5 Å². The van der Waals surface area contributed by atoms with Crippen molar-refractivity contribution in [2.75, 3.05) is 7.11 Å². The van der Waals surface area contributed by atoms with Crippen molar-refractivity contribution >= 4 is 11.8 Å². The van der Waals surface area contributed by atoms with Gasteiger partial charge in [0.05, 0.1) is 24.0 Å². The van der Waals surface area contributed by atoms with E-state index >= 15 is 0 Å². The van der Waals surface area contributed by atoms with Gasteiger partial charge in [0, 0.05) is 36.2 Å². The summed E-state index contributed by atoms with van der Waals surface area (Å²) in [5.74, 6) is -0.867. The average Bonchev–Trinajstić information content (AvgIpc) is 3.54. The third-order valence-corrected chi connectivity index (χ3v) is 10.0. The van der Waals surface area contributed by atoms with E-state index in [2.05, 4.69) is 13.8 Å². The molecule has 2 saturated heterocycles. The van der Waals surface area contributed by atoms with Crippen LogP contribution in [0.25, 0.3) is 0 Å². The second-order valence-electron chi connectivity index (χ2n) is 11.4. The van der Waals surface area contributed by atoms with Gasteiger partial charge in [0.2, 0.25) is 0 Å². The summed E-state index contributed by atoms with van der Waals surface area (Å²) in [5, 5.41) is 10.7. The van der Waals surface area contributed by atoms with E-state index in [0.29, 0.717) is 0 Å². The number of methoxy groups -OCH3 is 1. The molecule has 3 fully saturated rings. The number of furan rings is 1. The second kappa shape index (κ2) is 6.93. The van der Waals surface area contributed by atoms with Crippen molar-refractivity contribution in [3.63, 3.8) is 0 Å². The van der Waals surface area contributed by atoms with Crippen LogP contribution in [0, 0.1) is 28.1 Å². The number of aliphatic hydroxyl groups excluding tert-OH is 1. The molecule has 7 heteroatoms. The number of fused-ring (bicyclic) bond motifs is 4. The van der Waals surface area contributed by atoms with E-state index in [-0.39, 0.29) is 42.0 Å². The number of allylic oxidation sites excluding steroid dienone is 2. The number of rotatable bonds is 4.